The maximum absolute atomic E-state index is 12.3. The maximum atomic E-state index is 12.3. The molecule has 4 nitrogen and oxygen atoms in total. The molecule has 0 aromatic rings. The number of ether oxygens (including phenoxy) is 1. The zero-order valence-electron chi connectivity index (χ0n) is 12.4. The Bertz CT molecular complexity index is 267. The van der Waals surface area contributed by atoms with Crippen molar-refractivity contribution in [3.63, 3.8) is 0 Å². The van der Waals surface area contributed by atoms with E-state index in [1.165, 1.54) is 0 Å². The minimum atomic E-state index is -0.0236. The Labute approximate surface area is 111 Å². The van der Waals surface area contributed by atoms with Crippen LogP contribution in [0.2, 0.25) is 0 Å². The molecule has 1 saturated heterocycles. The molecule has 0 aliphatic carbocycles. The second-order valence-corrected chi connectivity index (χ2v) is 5.66. The summed E-state index contributed by atoms with van der Waals surface area (Å²) in [7, 11) is 0. The van der Waals surface area contributed by atoms with Crippen LogP contribution < -0.4 is 5.32 Å². The molecule has 1 aliphatic heterocycles. The Morgan fingerprint density at radius 1 is 1.28 bits per heavy atom. The topological polar surface area (TPSA) is 41.6 Å². The summed E-state index contributed by atoms with van der Waals surface area (Å²) in [6.07, 6.45) is 1.08. The van der Waals surface area contributed by atoms with Crippen LogP contribution in [0.15, 0.2) is 0 Å². The van der Waals surface area contributed by atoms with E-state index in [9.17, 15) is 4.79 Å². The average molecular weight is 256 g/mol. The number of carbonyl (C=O) groups is 1. The first kappa shape index (κ1) is 15.4. The first-order valence-corrected chi connectivity index (χ1v) is 7.13. The van der Waals surface area contributed by atoms with Crippen LogP contribution in [-0.4, -0.2) is 42.8 Å². The molecular weight excluding hydrogens is 228 g/mol. The summed E-state index contributed by atoms with van der Waals surface area (Å²) in [5, 5.41) is 3.47. The Morgan fingerprint density at radius 2 is 1.94 bits per heavy atom. The largest absolute Gasteiger partial charge is 0.382 e. The molecule has 4 heteroatoms. The standard InChI is InChI=1S/C14H28N2O2/c1-6-18-9-7-8-16-13(11(4)5)15-12(10(2)3)14(16)17/h10-13,15H,6-9H2,1-5H3. The summed E-state index contributed by atoms with van der Waals surface area (Å²) >= 11 is 0. The molecule has 0 aromatic heterocycles. The first-order chi connectivity index (χ1) is 8.49. The van der Waals surface area contributed by atoms with Gasteiger partial charge < -0.3 is 9.64 Å². The normalized spacial score (nSPS) is 24.6. The predicted molar refractivity (Wildman–Crippen MR) is 73.2 cm³/mol. The van der Waals surface area contributed by atoms with Gasteiger partial charge in [-0.3, -0.25) is 10.1 Å². The third-order valence-corrected chi connectivity index (χ3v) is 3.43. The molecule has 0 radical (unpaired) electrons. The van der Waals surface area contributed by atoms with Gasteiger partial charge in [0.1, 0.15) is 0 Å². The van der Waals surface area contributed by atoms with E-state index in [0.29, 0.717) is 11.8 Å². The highest BCUT2D eigenvalue weighted by Gasteiger charge is 2.40. The molecule has 0 spiro atoms. The summed E-state index contributed by atoms with van der Waals surface area (Å²) in [6, 6.07) is -0.0236. The third kappa shape index (κ3) is 3.69. The minimum Gasteiger partial charge on any atom is -0.382 e. The summed E-state index contributed by atoms with van der Waals surface area (Å²) in [5.41, 5.74) is 0. The van der Waals surface area contributed by atoms with Crippen molar-refractivity contribution in [1.82, 2.24) is 10.2 Å². The van der Waals surface area contributed by atoms with Crippen molar-refractivity contribution >= 4 is 5.91 Å². The number of nitrogens with zero attached hydrogens (tertiary/aromatic N) is 1. The lowest BCUT2D eigenvalue weighted by Crippen LogP contribution is -2.42. The molecule has 1 fully saturated rings. The van der Waals surface area contributed by atoms with Crippen molar-refractivity contribution < 1.29 is 9.53 Å². The quantitative estimate of drug-likeness (QED) is 0.707. The molecule has 1 amide bonds. The van der Waals surface area contributed by atoms with Crippen molar-refractivity contribution in [1.29, 1.82) is 0 Å². The fourth-order valence-corrected chi connectivity index (χ4v) is 2.42. The van der Waals surface area contributed by atoms with Gasteiger partial charge >= 0.3 is 0 Å². The number of hydrogen-bond acceptors (Lipinski definition) is 3. The highest BCUT2D eigenvalue weighted by molar-refractivity contribution is 5.84. The average Bonchev–Trinajstić information content (AvgIpc) is 2.62. The monoisotopic (exact) mass is 256 g/mol. The van der Waals surface area contributed by atoms with E-state index in [2.05, 4.69) is 33.0 Å². The number of carbonyl (C=O) groups excluding carboxylic acids is 1. The lowest BCUT2D eigenvalue weighted by Gasteiger charge is -2.27. The Balaban J connectivity index is 2.58. The van der Waals surface area contributed by atoms with Crippen LogP contribution in [0.3, 0.4) is 0 Å². The fraction of sp³-hybridized carbons (Fsp3) is 0.929. The van der Waals surface area contributed by atoms with Crippen LogP contribution in [0.5, 0.6) is 0 Å². The lowest BCUT2D eigenvalue weighted by atomic mass is 10.0. The molecule has 2 unspecified atom stereocenters. The second-order valence-electron chi connectivity index (χ2n) is 5.66. The Morgan fingerprint density at radius 3 is 2.44 bits per heavy atom. The van der Waals surface area contributed by atoms with Crippen molar-refractivity contribution in [2.75, 3.05) is 19.8 Å². The van der Waals surface area contributed by atoms with Crippen LogP contribution in [0, 0.1) is 11.8 Å². The van der Waals surface area contributed by atoms with E-state index in [1.54, 1.807) is 0 Å². The van der Waals surface area contributed by atoms with E-state index in [1.807, 2.05) is 11.8 Å². The molecule has 1 rings (SSSR count). The number of amides is 1. The molecular formula is C14H28N2O2. The Hall–Kier alpha value is -0.610. The molecule has 18 heavy (non-hydrogen) atoms. The molecule has 2 atom stereocenters. The van der Waals surface area contributed by atoms with E-state index < -0.39 is 0 Å². The van der Waals surface area contributed by atoms with Gasteiger partial charge in [-0.1, -0.05) is 27.7 Å². The SMILES string of the molecule is CCOCCCN1C(=O)C(C(C)C)NC1C(C)C. The minimum absolute atomic E-state index is 0.0236. The van der Waals surface area contributed by atoms with Crippen molar-refractivity contribution in [2.24, 2.45) is 11.8 Å². The second kappa shape index (κ2) is 7.10. The number of nitrogens with one attached hydrogen (secondary N) is 1. The van der Waals surface area contributed by atoms with E-state index in [0.717, 1.165) is 26.2 Å². The fourth-order valence-electron chi connectivity index (χ4n) is 2.42. The lowest BCUT2D eigenvalue weighted by molar-refractivity contribution is -0.131. The summed E-state index contributed by atoms with van der Waals surface area (Å²) in [6.45, 7) is 12.8. The maximum Gasteiger partial charge on any atom is 0.241 e. The molecule has 1 aliphatic rings. The molecule has 0 bridgehead atoms. The van der Waals surface area contributed by atoms with Crippen molar-refractivity contribution in [3.8, 4) is 0 Å². The zero-order chi connectivity index (χ0) is 13.7. The van der Waals surface area contributed by atoms with Gasteiger partial charge in [-0.2, -0.15) is 0 Å². The van der Waals surface area contributed by atoms with Gasteiger partial charge in [0, 0.05) is 19.8 Å². The van der Waals surface area contributed by atoms with Gasteiger partial charge in [0.05, 0.1) is 12.2 Å². The van der Waals surface area contributed by atoms with E-state index >= 15 is 0 Å². The molecule has 1 heterocycles. The number of rotatable bonds is 7. The van der Waals surface area contributed by atoms with Gasteiger partial charge in [0.15, 0.2) is 0 Å². The van der Waals surface area contributed by atoms with Gasteiger partial charge in [0.25, 0.3) is 0 Å². The van der Waals surface area contributed by atoms with Crippen LogP contribution in [0.1, 0.15) is 41.0 Å². The van der Waals surface area contributed by atoms with Gasteiger partial charge in [-0.15, -0.1) is 0 Å². The third-order valence-electron chi connectivity index (χ3n) is 3.43. The van der Waals surface area contributed by atoms with Gasteiger partial charge in [-0.25, -0.2) is 0 Å². The molecule has 106 valence electrons. The van der Waals surface area contributed by atoms with Gasteiger partial charge in [0.2, 0.25) is 5.91 Å². The zero-order valence-corrected chi connectivity index (χ0v) is 12.4. The summed E-state index contributed by atoms with van der Waals surface area (Å²) in [5.74, 6) is 1.03. The van der Waals surface area contributed by atoms with E-state index in [4.69, 9.17) is 4.74 Å². The first-order valence-electron chi connectivity index (χ1n) is 7.13. The van der Waals surface area contributed by atoms with Crippen LogP contribution in [-0.2, 0) is 9.53 Å². The highest BCUT2D eigenvalue weighted by atomic mass is 16.5. The van der Waals surface area contributed by atoms with Crippen LogP contribution in [0.25, 0.3) is 0 Å². The van der Waals surface area contributed by atoms with E-state index in [-0.39, 0.29) is 18.1 Å². The van der Waals surface area contributed by atoms with Crippen molar-refractivity contribution in [2.45, 2.75) is 53.2 Å². The summed E-state index contributed by atoms with van der Waals surface area (Å²) < 4.78 is 5.34. The van der Waals surface area contributed by atoms with Crippen molar-refractivity contribution in [3.05, 3.63) is 0 Å². The molecule has 0 aromatic carbocycles. The summed E-state index contributed by atoms with van der Waals surface area (Å²) in [4.78, 5) is 14.3. The highest BCUT2D eigenvalue weighted by Crippen LogP contribution is 2.21. The molecule has 1 N–H and O–H groups in total. The van der Waals surface area contributed by atoms with Crippen LogP contribution in [0.4, 0.5) is 0 Å². The molecule has 0 saturated carbocycles. The van der Waals surface area contributed by atoms with Gasteiger partial charge in [-0.05, 0) is 25.2 Å². The van der Waals surface area contributed by atoms with Crippen LogP contribution >= 0.6 is 0 Å². The number of hydrogen-bond donors (Lipinski definition) is 1. The Kier molecular flexibility index (Phi) is 6.09. The predicted octanol–water partition coefficient (Wildman–Crippen LogP) is 1.85. The smallest absolute Gasteiger partial charge is 0.241 e.